The average molecular weight is 263 g/mol. The quantitative estimate of drug-likeness (QED) is 0.870. The van der Waals surface area contributed by atoms with Crippen LogP contribution in [0.3, 0.4) is 0 Å². The number of nitrogens with zero attached hydrogens (tertiary/aromatic N) is 1. The molecule has 0 fully saturated rings. The Bertz CT molecular complexity index is 548. The van der Waals surface area contributed by atoms with Crippen molar-refractivity contribution < 1.29 is 18.7 Å². The van der Waals surface area contributed by atoms with Gasteiger partial charge in [-0.05, 0) is 24.1 Å². The summed E-state index contributed by atoms with van der Waals surface area (Å²) in [4.78, 5) is 14.5. The number of halogens is 1. The van der Waals surface area contributed by atoms with Crippen molar-refractivity contribution in [3.8, 4) is 0 Å². The number of aryl methyl sites for hydroxylation is 1. The number of carbonyl (C=O) groups is 1. The van der Waals surface area contributed by atoms with Crippen LogP contribution in [0.15, 0.2) is 34.9 Å². The van der Waals surface area contributed by atoms with Crippen molar-refractivity contribution >= 4 is 5.97 Å². The standard InChI is InChI=1S/C14H14FNO3/c15-11-6-4-10(5-7-11)8-13-16-9-12(19-13)2-1-3-14(17)18/h4-7,9H,1-3,8H2,(H,17,18). The molecule has 4 nitrogen and oxygen atoms in total. The largest absolute Gasteiger partial charge is 0.481 e. The Hall–Kier alpha value is -2.17. The molecule has 1 N–H and O–H groups in total. The number of aliphatic carboxylic acids is 1. The van der Waals surface area contributed by atoms with Gasteiger partial charge in [-0.2, -0.15) is 0 Å². The van der Waals surface area contributed by atoms with Crippen molar-refractivity contribution in [2.45, 2.75) is 25.7 Å². The molecule has 0 bridgehead atoms. The highest BCUT2D eigenvalue weighted by Gasteiger charge is 2.06. The van der Waals surface area contributed by atoms with Crippen LogP contribution in [0.2, 0.25) is 0 Å². The predicted octanol–water partition coefficient (Wildman–Crippen LogP) is 2.81. The van der Waals surface area contributed by atoms with Crippen LogP contribution in [0.1, 0.15) is 30.1 Å². The summed E-state index contributed by atoms with van der Waals surface area (Å²) in [5, 5.41) is 8.54. The van der Waals surface area contributed by atoms with Crippen LogP contribution in [-0.4, -0.2) is 16.1 Å². The fraction of sp³-hybridized carbons (Fsp3) is 0.286. The van der Waals surface area contributed by atoms with E-state index in [4.69, 9.17) is 9.52 Å². The van der Waals surface area contributed by atoms with Crippen molar-refractivity contribution in [3.05, 3.63) is 53.5 Å². The highest BCUT2D eigenvalue weighted by molar-refractivity contribution is 5.66. The lowest BCUT2D eigenvalue weighted by Gasteiger charge is -1.97. The van der Waals surface area contributed by atoms with Crippen molar-refractivity contribution in [1.29, 1.82) is 0 Å². The predicted molar refractivity (Wildman–Crippen MR) is 66.3 cm³/mol. The molecule has 1 heterocycles. The molecule has 0 radical (unpaired) electrons. The molecule has 0 atom stereocenters. The molecule has 1 aromatic carbocycles. The van der Waals surface area contributed by atoms with Crippen LogP contribution < -0.4 is 0 Å². The number of hydrogen-bond acceptors (Lipinski definition) is 3. The van der Waals surface area contributed by atoms with Gasteiger partial charge in [0.05, 0.1) is 6.20 Å². The van der Waals surface area contributed by atoms with E-state index >= 15 is 0 Å². The highest BCUT2D eigenvalue weighted by Crippen LogP contribution is 2.12. The molecule has 0 aliphatic rings. The molecule has 19 heavy (non-hydrogen) atoms. The molecule has 5 heteroatoms. The third kappa shape index (κ3) is 4.21. The maximum atomic E-state index is 12.7. The Kier molecular flexibility index (Phi) is 4.28. The van der Waals surface area contributed by atoms with E-state index < -0.39 is 5.97 Å². The van der Waals surface area contributed by atoms with Gasteiger partial charge in [0.2, 0.25) is 0 Å². The molecule has 0 aliphatic heterocycles. The van der Waals surface area contributed by atoms with Gasteiger partial charge in [0, 0.05) is 19.3 Å². The third-order valence-electron chi connectivity index (χ3n) is 2.68. The molecule has 2 aromatic rings. The minimum atomic E-state index is -0.814. The first-order valence-corrected chi connectivity index (χ1v) is 6.03. The zero-order valence-corrected chi connectivity index (χ0v) is 10.3. The zero-order valence-electron chi connectivity index (χ0n) is 10.3. The van der Waals surface area contributed by atoms with E-state index in [1.54, 1.807) is 18.3 Å². The summed E-state index contributed by atoms with van der Waals surface area (Å²) in [7, 11) is 0. The van der Waals surface area contributed by atoms with E-state index in [1.165, 1.54) is 12.1 Å². The minimum absolute atomic E-state index is 0.119. The van der Waals surface area contributed by atoms with Crippen LogP contribution in [-0.2, 0) is 17.6 Å². The van der Waals surface area contributed by atoms with Crippen molar-refractivity contribution in [1.82, 2.24) is 4.98 Å². The number of oxazole rings is 1. The second-order valence-corrected chi connectivity index (χ2v) is 4.27. The topological polar surface area (TPSA) is 63.3 Å². The van der Waals surface area contributed by atoms with E-state index in [2.05, 4.69) is 4.98 Å². The van der Waals surface area contributed by atoms with Crippen LogP contribution in [0, 0.1) is 5.82 Å². The molecular weight excluding hydrogens is 249 g/mol. The monoisotopic (exact) mass is 263 g/mol. The van der Waals surface area contributed by atoms with Gasteiger partial charge in [-0.3, -0.25) is 4.79 Å². The maximum Gasteiger partial charge on any atom is 0.303 e. The molecule has 0 aliphatic carbocycles. The first-order chi connectivity index (χ1) is 9.13. The lowest BCUT2D eigenvalue weighted by atomic mass is 10.1. The number of carboxylic acid groups (broad SMARTS) is 1. The summed E-state index contributed by atoms with van der Waals surface area (Å²) in [6.45, 7) is 0. The summed E-state index contributed by atoms with van der Waals surface area (Å²) in [6.07, 6.45) is 3.32. The number of aromatic nitrogens is 1. The summed E-state index contributed by atoms with van der Waals surface area (Å²) >= 11 is 0. The Labute approximate surface area is 109 Å². The zero-order chi connectivity index (χ0) is 13.7. The smallest absolute Gasteiger partial charge is 0.303 e. The summed E-state index contributed by atoms with van der Waals surface area (Å²) in [5.41, 5.74) is 0.917. The highest BCUT2D eigenvalue weighted by atomic mass is 19.1. The number of hydrogen-bond donors (Lipinski definition) is 1. The molecular formula is C14H14FNO3. The van der Waals surface area contributed by atoms with Crippen LogP contribution in [0.5, 0.6) is 0 Å². The average Bonchev–Trinajstić information content (AvgIpc) is 2.79. The molecule has 0 saturated carbocycles. The van der Waals surface area contributed by atoms with Gasteiger partial charge in [-0.25, -0.2) is 9.37 Å². The Morgan fingerprint density at radius 1 is 1.32 bits per heavy atom. The van der Waals surface area contributed by atoms with Crippen LogP contribution >= 0.6 is 0 Å². The van der Waals surface area contributed by atoms with E-state index in [1.807, 2.05) is 0 Å². The lowest BCUT2D eigenvalue weighted by molar-refractivity contribution is -0.137. The van der Waals surface area contributed by atoms with Crippen LogP contribution in [0.4, 0.5) is 4.39 Å². The van der Waals surface area contributed by atoms with Crippen molar-refractivity contribution in [2.75, 3.05) is 0 Å². The lowest BCUT2D eigenvalue weighted by Crippen LogP contribution is -1.95. The van der Waals surface area contributed by atoms with Gasteiger partial charge in [0.25, 0.3) is 0 Å². The van der Waals surface area contributed by atoms with Crippen molar-refractivity contribution in [2.24, 2.45) is 0 Å². The van der Waals surface area contributed by atoms with Gasteiger partial charge < -0.3 is 9.52 Å². The second-order valence-electron chi connectivity index (χ2n) is 4.27. The first kappa shape index (κ1) is 13.3. The normalized spacial score (nSPS) is 10.6. The molecule has 2 rings (SSSR count). The molecule has 1 aromatic heterocycles. The van der Waals surface area contributed by atoms with Gasteiger partial charge >= 0.3 is 5.97 Å². The number of rotatable bonds is 6. The Morgan fingerprint density at radius 3 is 2.74 bits per heavy atom. The molecule has 0 spiro atoms. The van der Waals surface area contributed by atoms with E-state index in [0.29, 0.717) is 30.9 Å². The third-order valence-corrected chi connectivity index (χ3v) is 2.68. The van der Waals surface area contributed by atoms with Gasteiger partial charge in [-0.15, -0.1) is 0 Å². The van der Waals surface area contributed by atoms with Gasteiger partial charge in [0.15, 0.2) is 5.89 Å². The number of carboxylic acids is 1. The second kappa shape index (κ2) is 6.13. The van der Waals surface area contributed by atoms with E-state index in [0.717, 1.165) is 5.56 Å². The maximum absolute atomic E-state index is 12.7. The first-order valence-electron chi connectivity index (χ1n) is 6.03. The summed E-state index contributed by atoms with van der Waals surface area (Å²) in [5.74, 6) is 0.145. The van der Waals surface area contributed by atoms with Gasteiger partial charge in [-0.1, -0.05) is 12.1 Å². The van der Waals surface area contributed by atoms with Crippen molar-refractivity contribution in [3.63, 3.8) is 0 Å². The Morgan fingerprint density at radius 2 is 2.05 bits per heavy atom. The van der Waals surface area contributed by atoms with Gasteiger partial charge in [0.1, 0.15) is 11.6 Å². The number of benzene rings is 1. The fourth-order valence-corrected chi connectivity index (χ4v) is 1.74. The summed E-state index contributed by atoms with van der Waals surface area (Å²) in [6, 6.07) is 6.16. The van der Waals surface area contributed by atoms with E-state index in [-0.39, 0.29) is 12.2 Å². The summed E-state index contributed by atoms with van der Waals surface area (Å²) < 4.78 is 18.2. The fourth-order valence-electron chi connectivity index (χ4n) is 1.74. The SMILES string of the molecule is O=C(O)CCCc1cnc(Cc2ccc(F)cc2)o1. The van der Waals surface area contributed by atoms with E-state index in [9.17, 15) is 9.18 Å². The molecule has 0 amide bonds. The molecule has 100 valence electrons. The van der Waals surface area contributed by atoms with Crippen LogP contribution in [0.25, 0.3) is 0 Å². The molecule has 0 unspecified atom stereocenters. The Balaban J connectivity index is 1.90. The molecule has 0 saturated heterocycles. The minimum Gasteiger partial charge on any atom is -0.481 e.